The fraction of sp³-hybridized carbons (Fsp3) is 1.00. The lowest BCUT2D eigenvalue weighted by molar-refractivity contribution is -0.0770. The molecule has 0 amide bonds. The molecule has 72 valence electrons. The Bertz CT molecular complexity index is 144. The van der Waals surface area contributed by atoms with Crippen molar-refractivity contribution in [1.29, 1.82) is 0 Å². The van der Waals surface area contributed by atoms with Crippen LogP contribution in [0.1, 0.15) is 27.2 Å². The first-order valence-electron chi connectivity index (χ1n) is 4.50. The van der Waals surface area contributed by atoms with Crippen LogP contribution in [0.25, 0.3) is 0 Å². The van der Waals surface area contributed by atoms with Crippen LogP contribution in [0.3, 0.4) is 0 Å². The quantitative estimate of drug-likeness (QED) is 0.652. The van der Waals surface area contributed by atoms with Crippen molar-refractivity contribution < 1.29 is 9.13 Å². The minimum Gasteiger partial charge on any atom is -0.371 e. The highest BCUT2D eigenvalue weighted by molar-refractivity contribution is 4.78. The van der Waals surface area contributed by atoms with Crippen LogP contribution in [0.5, 0.6) is 0 Å². The van der Waals surface area contributed by atoms with Crippen LogP contribution in [-0.2, 0) is 4.74 Å². The maximum absolute atomic E-state index is 12.9. The lowest BCUT2D eigenvalue weighted by Crippen LogP contribution is -2.44. The molecule has 0 aromatic carbocycles. The van der Waals surface area contributed by atoms with Crippen molar-refractivity contribution in [3.05, 3.63) is 0 Å². The Balaban J connectivity index is 2.32. The molecule has 2 nitrogen and oxygen atoms in total. The summed E-state index contributed by atoms with van der Waals surface area (Å²) in [6.45, 7) is 7.24. The molecule has 0 aliphatic carbocycles. The molecule has 1 aliphatic heterocycles. The van der Waals surface area contributed by atoms with Gasteiger partial charge in [-0.2, -0.15) is 0 Å². The van der Waals surface area contributed by atoms with Crippen LogP contribution in [0.4, 0.5) is 4.39 Å². The fourth-order valence-electron chi connectivity index (χ4n) is 1.44. The van der Waals surface area contributed by atoms with Crippen LogP contribution >= 0.6 is 0 Å². The van der Waals surface area contributed by atoms with Gasteiger partial charge in [0.05, 0.1) is 11.7 Å². The topological polar surface area (TPSA) is 21.3 Å². The molecule has 0 bridgehead atoms. The summed E-state index contributed by atoms with van der Waals surface area (Å²) in [5.74, 6) is 0. The lowest BCUT2D eigenvalue weighted by atomic mass is 10.1. The zero-order chi connectivity index (χ0) is 9.19. The summed E-state index contributed by atoms with van der Waals surface area (Å²) in [4.78, 5) is 0. The predicted molar refractivity (Wildman–Crippen MR) is 47.0 cm³/mol. The van der Waals surface area contributed by atoms with E-state index in [9.17, 15) is 4.39 Å². The van der Waals surface area contributed by atoms with Gasteiger partial charge in [0.1, 0.15) is 6.17 Å². The number of hydrogen-bond acceptors (Lipinski definition) is 2. The van der Waals surface area contributed by atoms with Crippen LogP contribution in [0, 0.1) is 0 Å². The van der Waals surface area contributed by atoms with E-state index in [1.165, 1.54) is 0 Å². The van der Waals surface area contributed by atoms with Crippen molar-refractivity contribution in [3.63, 3.8) is 0 Å². The average molecular weight is 175 g/mol. The highest BCUT2D eigenvalue weighted by Gasteiger charge is 2.25. The van der Waals surface area contributed by atoms with Gasteiger partial charge in [-0.25, -0.2) is 4.39 Å². The van der Waals surface area contributed by atoms with Crippen molar-refractivity contribution in [2.45, 2.75) is 45.1 Å². The molecule has 1 heterocycles. The summed E-state index contributed by atoms with van der Waals surface area (Å²) in [6, 6.07) is 0. The Morgan fingerprint density at radius 3 is 2.50 bits per heavy atom. The van der Waals surface area contributed by atoms with Crippen molar-refractivity contribution in [3.8, 4) is 0 Å². The van der Waals surface area contributed by atoms with E-state index in [1.807, 2.05) is 20.8 Å². The molecule has 1 rings (SSSR count). The van der Waals surface area contributed by atoms with Crippen molar-refractivity contribution in [1.82, 2.24) is 5.32 Å². The monoisotopic (exact) mass is 175 g/mol. The molecule has 2 atom stereocenters. The zero-order valence-corrected chi connectivity index (χ0v) is 8.06. The SMILES string of the molecule is CC(C)(C)OC1CNCC(F)C1. The number of halogens is 1. The Morgan fingerprint density at radius 2 is 2.00 bits per heavy atom. The Labute approximate surface area is 73.5 Å². The molecule has 2 unspecified atom stereocenters. The molecule has 1 saturated heterocycles. The van der Waals surface area contributed by atoms with Gasteiger partial charge in [0, 0.05) is 19.5 Å². The molecule has 12 heavy (non-hydrogen) atoms. The highest BCUT2D eigenvalue weighted by Crippen LogP contribution is 2.17. The van der Waals surface area contributed by atoms with Crippen LogP contribution in [0.15, 0.2) is 0 Å². The summed E-state index contributed by atoms with van der Waals surface area (Å²) in [5.41, 5.74) is -0.163. The molecule has 0 aromatic heterocycles. The van der Waals surface area contributed by atoms with E-state index in [0.717, 1.165) is 6.54 Å². The largest absolute Gasteiger partial charge is 0.371 e. The van der Waals surface area contributed by atoms with Crippen LogP contribution < -0.4 is 5.32 Å². The Hall–Kier alpha value is -0.150. The van der Waals surface area contributed by atoms with Crippen molar-refractivity contribution in [2.24, 2.45) is 0 Å². The molecule has 0 spiro atoms. The van der Waals surface area contributed by atoms with Gasteiger partial charge in [0.25, 0.3) is 0 Å². The average Bonchev–Trinajstić information content (AvgIpc) is 1.82. The molecule has 1 aliphatic rings. The maximum Gasteiger partial charge on any atom is 0.115 e. The highest BCUT2D eigenvalue weighted by atomic mass is 19.1. The van der Waals surface area contributed by atoms with E-state index in [-0.39, 0.29) is 11.7 Å². The van der Waals surface area contributed by atoms with Gasteiger partial charge in [-0.1, -0.05) is 0 Å². The number of hydrogen-bond donors (Lipinski definition) is 1. The summed E-state index contributed by atoms with van der Waals surface area (Å²) in [6.07, 6.45) is -0.176. The minimum atomic E-state index is -0.744. The number of alkyl halides is 1. The second-order valence-electron chi connectivity index (χ2n) is 4.34. The predicted octanol–water partition coefficient (Wildman–Crippen LogP) is 1.50. The molecule has 1 fully saturated rings. The van der Waals surface area contributed by atoms with Gasteiger partial charge in [0.2, 0.25) is 0 Å². The lowest BCUT2D eigenvalue weighted by Gasteiger charge is -2.31. The van der Waals surface area contributed by atoms with Crippen LogP contribution in [0.2, 0.25) is 0 Å². The maximum atomic E-state index is 12.9. The zero-order valence-electron chi connectivity index (χ0n) is 8.06. The second-order valence-corrected chi connectivity index (χ2v) is 4.34. The first-order chi connectivity index (χ1) is 5.47. The van der Waals surface area contributed by atoms with Gasteiger partial charge in [0.15, 0.2) is 0 Å². The normalized spacial score (nSPS) is 32.0. The summed E-state index contributed by atoms with van der Waals surface area (Å²) >= 11 is 0. The van der Waals surface area contributed by atoms with Crippen LogP contribution in [-0.4, -0.2) is 31.0 Å². The number of rotatable bonds is 1. The molecule has 1 N–H and O–H groups in total. The van der Waals surface area contributed by atoms with E-state index >= 15 is 0 Å². The van der Waals surface area contributed by atoms with Gasteiger partial charge < -0.3 is 10.1 Å². The van der Waals surface area contributed by atoms with Crippen molar-refractivity contribution in [2.75, 3.05) is 13.1 Å². The van der Waals surface area contributed by atoms with E-state index in [0.29, 0.717) is 13.0 Å². The third-order valence-electron chi connectivity index (χ3n) is 1.78. The van der Waals surface area contributed by atoms with E-state index in [1.54, 1.807) is 0 Å². The van der Waals surface area contributed by atoms with E-state index in [2.05, 4.69) is 5.32 Å². The number of ether oxygens (including phenoxy) is 1. The fourth-order valence-corrected chi connectivity index (χ4v) is 1.44. The number of nitrogens with one attached hydrogen (secondary N) is 1. The van der Waals surface area contributed by atoms with Gasteiger partial charge in [-0.05, 0) is 20.8 Å². The first kappa shape index (κ1) is 9.93. The smallest absolute Gasteiger partial charge is 0.115 e. The molecular formula is C9H18FNO. The molecule has 0 saturated carbocycles. The Kier molecular flexibility index (Phi) is 3.07. The summed E-state index contributed by atoms with van der Waals surface area (Å²) in [7, 11) is 0. The molecular weight excluding hydrogens is 157 g/mol. The van der Waals surface area contributed by atoms with Gasteiger partial charge >= 0.3 is 0 Å². The molecule has 3 heteroatoms. The van der Waals surface area contributed by atoms with E-state index in [4.69, 9.17) is 4.74 Å². The second kappa shape index (κ2) is 3.71. The first-order valence-corrected chi connectivity index (χ1v) is 4.50. The van der Waals surface area contributed by atoms with Gasteiger partial charge in [-0.3, -0.25) is 0 Å². The summed E-state index contributed by atoms with van der Waals surface area (Å²) < 4.78 is 18.5. The third kappa shape index (κ3) is 3.50. The minimum absolute atomic E-state index is 0.0359. The van der Waals surface area contributed by atoms with Crippen molar-refractivity contribution >= 4 is 0 Å². The molecule has 0 aromatic rings. The third-order valence-corrected chi connectivity index (χ3v) is 1.78. The standard InChI is InChI=1S/C9H18FNO/c1-9(2,3)12-8-4-7(10)5-11-6-8/h7-8,11H,4-6H2,1-3H3. The van der Waals surface area contributed by atoms with E-state index < -0.39 is 6.17 Å². The summed E-state index contributed by atoms with van der Waals surface area (Å²) in [5, 5.41) is 3.01. The molecule has 0 radical (unpaired) electrons. The Morgan fingerprint density at radius 1 is 1.33 bits per heavy atom. The van der Waals surface area contributed by atoms with Gasteiger partial charge in [-0.15, -0.1) is 0 Å². The number of piperidine rings is 1.